The van der Waals surface area contributed by atoms with Crippen LogP contribution < -0.4 is 4.90 Å². The third-order valence-electron chi connectivity index (χ3n) is 6.68. The number of thioether (sulfide) groups is 1. The van der Waals surface area contributed by atoms with Crippen LogP contribution in [0.1, 0.15) is 38.5 Å². The minimum Gasteiger partial charge on any atom is -0.353 e. The molecule has 0 N–H and O–H groups in total. The number of fused-ring (bicyclic) bond motifs is 1. The van der Waals surface area contributed by atoms with Crippen LogP contribution in [-0.4, -0.2) is 69.9 Å². The van der Waals surface area contributed by atoms with Gasteiger partial charge in [-0.15, -0.1) is 23.7 Å². The first-order chi connectivity index (χ1) is 14.7. The predicted molar refractivity (Wildman–Crippen MR) is 131 cm³/mol. The molecule has 2 aliphatic heterocycles. The van der Waals surface area contributed by atoms with Crippen LogP contribution in [0.2, 0.25) is 0 Å². The number of pyridine rings is 1. The molecule has 0 bridgehead atoms. The average molecular weight is 481 g/mol. The van der Waals surface area contributed by atoms with Gasteiger partial charge < -0.3 is 4.90 Å². The molecule has 0 atom stereocenters. The first-order valence-corrected chi connectivity index (χ1v) is 12.7. The Morgan fingerprint density at radius 3 is 2.52 bits per heavy atom. The molecule has 0 radical (unpaired) electrons. The molecule has 2 saturated heterocycles. The lowest BCUT2D eigenvalue weighted by atomic mass is 10.1. The Morgan fingerprint density at radius 1 is 1.00 bits per heavy atom. The molecule has 2 aromatic heterocycles. The highest BCUT2D eigenvalue weighted by molar-refractivity contribution is 8.16. The van der Waals surface area contributed by atoms with Crippen molar-refractivity contribution < 1.29 is 9.59 Å². The van der Waals surface area contributed by atoms with Crippen LogP contribution in [0, 0.1) is 0 Å². The molecule has 168 valence electrons. The summed E-state index contributed by atoms with van der Waals surface area (Å²) in [6.07, 6.45) is 7.71. The van der Waals surface area contributed by atoms with Gasteiger partial charge in [-0.1, -0.05) is 12.8 Å². The molecule has 4 heterocycles. The van der Waals surface area contributed by atoms with E-state index in [1.54, 1.807) is 11.3 Å². The van der Waals surface area contributed by atoms with Crippen molar-refractivity contribution in [3.63, 3.8) is 0 Å². The molecule has 31 heavy (non-hydrogen) atoms. The number of carbonyl (C=O) groups excluding carboxylic acids is 2. The highest BCUT2D eigenvalue weighted by Crippen LogP contribution is 2.48. The van der Waals surface area contributed by atoms with Gasteiger partial charge in [-0.25, -0.2) is 4.98 Å². The van der Waals surface area contributed by atoms with E-state index < -0.39 is 4.75 Å². The minimum absolute atomic E-state index is 0. The summed E-state index contributed by atoms with van der Waals surface area (Å²) in [5.41, 5.74) is 0. The Hall–Kier alpha value is -1.35. The monoisotopic (exact) mass is 480 g/mol. The van der Waals surface area contributed by atoms with Crippen molar-refractivity contribution in [2.24, 2.45) is 0 Å². The van der Waals surface area contributed by atoms with E-state index in [2.05, 4.69) is 32.3 Å². The van der Waals surface area contributed by atoms with E-state index in [9.17, 15) is 9.59 Å². The summed E-state index contributed by atoms with van der Waals surface area (Å²) in [5, 5.41) is 3.39. The van der Waals surface area contributed by atoms with Gasteiger partial charge in [0.05, 0.1) is 4.70 Å². The summed E-state index contributed by atoms with van der Waals surface area (Å²) in [4.78, 5) is 36.1. The molecule has 1 spiro atoms. The fourth-order valence-electron chi connectivity index (χ4n) is 4.94. The topological polar surface area (TPSA) is 56.8 Å². The van der Waals surface area contributed by atoms with Gasteiger partial charge in [0, 0.05) is 38.9 Å². The Bertz CT molecular complexity index is 938. The number of carbonyl (C=O) groups is 2. The summed E-state index contributed by atoms with van der Waals surface area (Å²) < 4.78 is 0.871. The van der Waals surface area contributed by atoms with E-state index in [1.165, 1.54) is 26.7 Å². The number of aromatic nitrogens is 1. The first kappa shape index (κ1) is 22.8. The highest BCUT2D eigenvalue weighted by Gasteiger charge is 2.53. The summed E-state index contributed by atoms with van der Waals surface area (Å²) in [7, 11) is 0. The zero-order valence-corrected chi connectivity index (χ0v) is 20.1. The molecule has 5 rings (SSSR count). The first-order valence-electron chi connectivity index (χ1n) is 11.0. The van der Waals surface area contributed by atoms with Crippen molar-refractivity contribution in [3.8, 4) is 0 Å². The minimum atomic E-state index is -0.410. The van der Waals surface area contributed by atoms with Crippen LogP contribution in [0.4, 0.5) is 10.6 Å². The van der Waals surface area contributed by atoms with E-state index in [1.807, 2.05) is 6.20 Å². The molecule has 6 nitrogen and oxygen atoms in total. The molecule has 2 aromatic rings. The maximum absolute atomic E-state index is 12.7. The fraction of sp³-hybridized carbons (Fsp3) is 0.591. The second kappa shape index (κ2) is 9.65. The number of nitrogens with zero attached hydrogens (tertiary/aromatic N) is 4. The molecule has 9 heteroatoms. The van der Waals surface area contributed by atoms with Gasteiger partial charge >= 0.3 is 0 Å². The van der Waals surface area contributed by atoms with Crippen LogP contribution in [0.5, 0.6) is 0 Å². The quantitative estimate of drug-likeness (QED) is 0.562. The van der Waals surface area contributed by atoms with E-state index in [0.29, 0.717) is 6.54 Å². The maximum Gasteiger partial charge on any atom is 0.289 e. The van der Waals surface area contributed by atoms with Gasteiger partial charge in [-0.05, 0) is 66.9 Å². The van der Waals surface area contributed by atoms with Crippen molar-refractivity contribution in [1.29, 1.82) is 0 Å². The van der Waals surface area contributed by atoms with Gasteiger partial charge in [-0.2, -0.15) is 0 Å². The number of piperazine rings is 1. The Labute approximate surface area is 197 Å². The van der Waals surface area contributed by atoms with Crippen LogP contribution >= 0.6 is 35.5 Å². The van der Waals surface area contributed by atoms with E-state index >= 15 is 0 Å². The van der Waals surface area contributed by atoms with E-state index in [4.69, 9.17) is 0 Å². The molecule has 1 saturated carbocycles. The van der Waals surface area contributed by atoms with Crippen molar-refractivity contribution in [2.45, 2.75) is 43.3 Å². The molecule has 0 aromatic carbocycles. The van der Waals surface area contributed by atoms with Gasteiger partial charge in [0.2, 0.25) is 5.91 Å². The molecule has 1 aliphatic carbocycles. The molecule has 3 aliphatic rings. The Morgan fingerprint density at radius 2 is 1.74 bits per heavy atom. The number of amides is 2. The smallest absolute Gasteiger partial charge is 0.289 e. The number of imide groups is 1. The molecule has 2 amide bonds. The third-order valence-corrected chi connectivity index (χ3v) is 8.97. The normalized spacial score (nSPS) is 21.4. The standard InChI is InChI=1S/C22H28N4O2S2.ClH/c27-20-22(7-1-2-8-22)30-21(28)26(20)11-4-3-10-24-12-14-25(15-13-24)19-18-17(5-9-23-19)6-16-29-18;/h5-6,9,16H,1-4,7-8,10-15H2;1H. The Balaban J connectivity index is 0.00000231. The number of hydrogen-bond donors (Lipinski definition) is 0. The SMILES string of the molecule is Cl.O=C1SC2(CCCC2)C(=O)N1CCCCN1CCN(c2nccc3ccsc23)CC1. The van der Waals surface area contributed by atoms with Crippen LogP contribution in [-0.2, 0) is 4.79 Å². The lowest BCUT2D eigenvalue weighted by Gasteiger charge is -2.35. The van der Waals surface area contributed by atoms with Gasteiger partial charge in [0.1, 0.15) is 10.6 Å². The summed E-state index contributed by atoms with van der Waals surface area (Å²) in [6.45, 7) is 5.65. The number of hydrogen-bond acceptors (Lipinski definition) is 7. The van der Waals surface area contributed by atoms with E-state index in [0.717, 1.165) is 77.1 Å². The lowest BCUT2D eigenvalue weighted by Crippen LogP contribution is -2.47. The zero-order chi connectivity index (χ0) is 20.6. The average Bonchev–Trinajstić information content (AvgIpc) is 3.48. The van der Waals surface area contributed by atoms with Crippen LogP contribution in [0.15, 0.2) is 23.7 Å². The largest absolute Gasteiger partial charge is 0.353 e. The summed E-state index contributed by atoms with van der Waals surface area (Å²) in [5.74, 6) is 1.20. The van der Waals surface area contributed by atoms with Gasteiger partial charge in [-0.3, -0.25) is 19.4 Å². The van der Waals surface area contributed by atoms with Crippen molar-refractivity contribution in [1.82, 2.24) is 14.8 Å². The second-order valence-corrected chi connectivity index (χ2v) is 10.8. The van der Waals surface area contributed by atoms with E-state index in [-0.39, 0.29) is 23.6 Å². The fourth-order valence-corrected chi connectivity index (χ4v) is 7.16. The van der Waals surface area contributed by atoms with Crippen LogP contribution in [0.25, 0.3) is 10.1 Å². The zero-order valence-electron chi connectivity index (χ0n) is 17.6. The third kappa shape index (κ3) is 4.45. The number of rotatable bonds is 6. The number of thiophene rings is 1. The highest BCUT2D eigenvalue weighted by atomic mass is 35.5. The number of unbranched alkanes of at least 4 members (excludes halogenated alkanes) is 1. The molecular weight excluding hydrogens is 452 g/mol. The van der Waals surface area contributed by atoms with Crippen molar-refractivity contribution in [3.05, 3.63) is 23.7 Å². The van der Waals surface area contributed by atoms with Crippen molar-refractivity contribution in [2.75, 3.05) is 44.2 Å². The predicted octanol–water partition coefficient (Wildman–Crippen LogP) is 4.63. The summed E-state index contributed by atoms with van der Waals surface area (Å²) >= 11 is 3.06. The van der Waals surface area contributed by atoms with Crippen LogP contribution in [0.3, 0.4) is 0 Å². The summed E-state index contributed by atoms with van der Waals surface area (Å²) in [6, 6.07) is 4.23. The second-order valence-electron chi connectivity index (χ2n) is 8.54. The lowest BCUT2D eigenvalue weighted by molar-refractivity contribution is -0.129. The number of anilines is 1. The maximum atomic E-state index is 12.7. The molecule has 0 unspecified atom stereocenters. The van der Waals surface area contributed by atoms with Gasteiger partial charge in [0.25, 0.3) is 5.24 Å². The number of halogens is 1. The van der Waals surface area contributed by atoms with Crippen molar-refractivity contribution >= 4 is 62.6 Å². The molecule has 3 fully saturated rings. The molecular formula is C22H29ClN4O2S2. The Kier molecular flexibility index (Phi) is 7.10. The van der Waals surface area contributed by atoms with Gasteiger partial charge in [0.15, 0.2) is 0 Å².